The molecule has 16 nitrogen and oxygen atoms in total. The fourth-order valence-electron chi connectivity index (χ4n) is 10.5. The second-order valence-electron chi connectivity index (χ2n) is 17.9. The average molecular weight is 909 g/mol. The van der Waals surface area contributed by atoms with E-state index in [-0.39, 0.29) is 47.8 Å². The molecule has 0 aliphatic carbocycles. The number of likely N-dealkylation sites (tertiary alicyclic amines) is 2. The Labute approximate surface area is 382 Å². The van der Waals surface area contributed by atoms with Crippen molar-refractivity contribution in [1.82, 2.24) is 40.4 Å². The maximum absolute atomic E-state index is 14.3. The Bertz CT molecular complexity index is 2550. The van der Waals surface area contributed by atoms with Crippen molar-refractivity contribution in [3.63, 3.8) is 0 Å². The third-order valence-electron chi connectivity index (χ3n) is 14.1. The number of fused-ring (bicyclic) bond motifs is 3. The zero-order valence-corrected chi connectivity index (χ0v) is 38.0. The van der Waals surface area contributed by atoms with Crippen LogP contribution in [0.3, 0.4) is 0 Å². The zero-order valence-electron chi connectivity index (χ0n) is 37.2. The average Bonchev–Trinajstić information content (AvgIpc) is 4.14. The van der Waals surface area contributed by atoms with Crippen molar-refractivity contribution in [1.29, 1.82) is 0 Å². The van der Waals surface area contributed by atoms with Crippen LogP contribution in [0.1, 0.15) is 88.9 Å². The number of halogens is 1. The van der Waals surface area contributed by atoms with E-state index in [4.69, 9.17) is 40.5 Å². The number of hydrogen-bond acceptors (Lipinski definition) is 10. The summed E-state index contributed by atoms with van der Waals surface area (Å²) in [7, 11) is 2.61. The van der Waals surface area contributed by atoms with Gasteiger partial charge in [0.25, 0.3) is 0 Å². The number of aromatic nitrogens is 4. The molecular weight excluding hydrogens is 852 g/mol. The third-order valence-corrected chi connectivity index (χ3v) is 14.3. The van der Waals surface area contributed by atoms with E-state index in [0.29, 0.717) is 75.2 Å². The monoisotopic (exact) mass is 908 g/mol. The lowest BCUT2D eigenvalue weighted by Crippen LogP contribution is -2.54. The van der Waals surface area contributed by atoms with Gasteiger partial charge in [0.15, 0.2) is 0 Å². The minimum Gasteiger partial charge on any atom is -0.453 e. The van der Waals surface area contributed by atoms with Gasteiger partial charge in [0.1, 0.15) is 34.6 Å². The van der Waals surface area contributed by atoms with Crippen molar-refractivity contribution >= 4 is 57.4 Å². The van der Waals surface area contributed by atoms with Crippen molar-refractivity contribution in [2.24, 2.45) is 11.8 Å². The molecule has 4 aliphatic rings. The Balaban J connectivity index is 0.929. The first kappa shape index (κ1) is 44.5. The number of amides is 4. The molecule has 0 spiro atoms. The SMILES string of the molecule is COC(=O)N[C@H](C(=O)N1C(C)CC[C@H]1c1nc2c(ccc3cc(-c4ccc(-c5nc([C@@H]6CC[C@H](C)N6C(=O)[C@@H](NC(=O)OC)C6CCOCC6)[nH]c5Cl)cc4)ccc32)[nH]1)C1CCOCC1. The van der Waals surface area contributed by atoms with E-state index >= 15 is 0 Å². The number of H-pyrrole nitrogens is 2. The van der Waals surface area contributed by atoms with Gasteiger partial charge in [-0.05, 0) is 106 Å². The molecule has 6 heterocycles. The summed E-state index contributed by atoms with van der Waals surface area (Å²) in [5.41, 5.74) is 5.19. The van der Waals surface area contributed by atoms with Crippen LogP contribution < -0.4 is 10.6 Å². The maximum Gasteiger partial charge on any atom is 0.407 e. The highest BCUT2D eigenvalue weighted by Crippen LogP contribution is 2.41. The van der Waals surface area contributed by atoms with Gasteiger partial charge in [0, 0.05) is 49.5 Å². The molecule has 344 valence electrons. The summed E-state index contributed by atoms with van der Waals surface area (Å²) in [6.07, 6.45) is 4.47. The normalized spacial score (nSPS) is 22.8. The third kappa shape index (κ3) is 8.87. The molecule has 17 heteroatoms. The summed E-state index contributed by atoms with van der Waals surface area (Å²) in [6, 6.07) is 16.4. The van der Waals surface area contributed by atoms with Crippen LogP contribution in [0.4, 0.5) is 9.59 Å². The molecule has 3 aromatic carbocycles. The van der Waals surface area contributed by atoms with Crippen LogP contribution in [0, 0.1) is 11.8 Å². The van der Waals surface area contributed by atoms with E-state index in [2.05, 4.69) is 51.8 Å². The molecule has 4 N–H and O–H groups in total. The molecule has 6 atom stereocenters. The van der Waals surface area contributed by atoms with Crippen LogP contribution in [-0.4, -0.2) is 119 Å². The second kappa shape index (κ2) is 19.0. The molecule has 4 saturated heterocycles. The van der Waals surface area contributed by atoms with E-state index in [1.807, 2.05) is 47.1 Å². The molecule has 9 rings (SSSR count). The molecule has 1 unspecified atom stereocenters. The van der Waals surface area contributed by atoms with Crippen LogP contribution in [0.25, 0.3) is 44.2 Å². The molecule has 4 aliphatic heterocycles. The van der Waals surface area contributed by atoms with E-state index < -0.39 is 24.3 Å². The number of carbonyl (C=O) groups excluding carboxylic acids is 4. The van der Waals surface area contributed by atoms with Gasteiger partial charge >= 0.3 is 12.2 Å². The van der Waals surface area contributed by atoms with Gasteiger partial charge < -0.3 is 49.3 Å². The highest BCUT2D eigenvalue weighted by atomic mass is 35.5. The standard InChI is InChI=1S/C48H57ClN8O8/c1-26-5-15-36(56(26)45(58)39(53-47(60)62-3)30-17-21-64-22-18-30)43-50-35-14-12-33-25-32(11-13-34(33)41(35)52-43)28-7-9-29(10-8-28)38-42(49)55-44(51-38)37-16-6-27(2)57(37)46(59)40(54-48(61)63-4)31-19-23-65-24-20-31/h7-14,25-27,30-31,36-37,39-40H,5-6,15-24H2,1-4H3,(H,50,52)(H,51,55)(H,53,60)(H,54,61)/t26?,27-,36-,37-,39-,40-/m0/s1. The summed E-state index contributed by atoms with van der Waals surface area (Å²) in [4.78, 5) is 74.1. The highest BCUT2D eigenvalue weighted by molar-refractivity contribution is 6.32. The summed E-state index contributed by atoms with van der Waals surface area (Å²) in [6.45, 7) is 6.24. The lowest BCUT2D eigenvalue weighted by Gasteiger charge is -2.36. The lowest BCUT2D eigenvalue weighted by molar-refractivity contribution is -0.139. The predicted octanol–water partition coefficient (Wildman–Crippen LogP) is 7.83. The number of carbonyl (C=O) groups is 4. The molecule has 4 amide bonds. The molecule has 4 fully saturated rings. The Kier molecular flexibility index (Phi) is 13.0. The van der Waals surface area contributed by atoms with Crippen molar-refractivity contribution in [2.75, 3.05) is 40.6 Å². The number of alkyl carbamates (subject to hydrolysis) is 2. The van der Waals surface area contributed by atoms with Crippen molar-refractivity contribution < 1.29 is 38.1 Å². The number of hydrogen-bond donors (Lipinski definition) is 4. The number of ether oxygens (including phenoxy) is 4. The van der Waals surface area contributed by atoms with Gasteiger partial charge in [-0.2, -0.15) is 0 Å². The number of methoxy groups -OCH3 is 2. The Morgan fingerprint density at radius 3 is 1.71 bits per heavy atom. The lowest BCUT2D eigenvalue weighted by atomic mass is 9.90. The van der Waals surface area contributed by atoms with E-state index in [1.54, 1.807) is 0 Å². The summed E-state index contributed by atoms with van der Waals surface area (Å²) >= 11 is 6.85. The first-order valence-corrected chi connectivity index (χ1v) is 23.2. The van der Waals surface area contributed by atoms with Gasteiger partial charge in [0.05, 0.1) is 37.3 Å². The summed E-state index contributed by atoms with van der Waals surface area (Å²) < 4.78 is 20.9. The van der Waals surface area contributed by atoms with Crippen LogP contribution in [0.5, 0.6) is 0 Å². The minimum absolute atomic E-state index is 0.0324. The van der Waals surface area contributed by atoms with Gasteiger partial charge in [-0.25, -0.2) is 19.6 Å². The smallest absolute Gasteiger partial charge is 0.407 e. The van der Waals surface area contributed by atoms with Crippen LogP contribution in [0.15, 0.2) is 54.6 Å². The quantitative estimate of drug-likeness (QED) is 0.107. The summed E-state index contributed by atoms with van der Waals surface area (Å²) in [5.74, 6) is 0.922. The van der Waals surface area contributed by atoms with E-state index in [1.165, 1.54) is 14.2 Å². The highest BCUT2D eigenvalue weighted by Gasteiger charge is 2.45. The molecule has 65 heavy (non-hydrogen) atoms. The van der Waals surface area contributed by atoms with Crippen molar-refractivity contribution in [3.8, 4) is 22.4 Å². The van der Waals surface area contributed by atoms with Crippen molar-refractivity contribution in [3.05, 3.63) is 71.4 Å². The van der Waals surface area contributed by atoms with Crippen LogP contribution >= 0.6 is 11.6 Å². The van der Waals surface area contributed by atoms with E-state index in [9.17, 15) is 19.2 Å². The first-order chi connectivity index (χ1) is 31.5. The fraction of sp³-hybridized carbons (Fsp3) is 0.500. The molecule has 0 radical (unpaired) electrons. The Morgan fingerprint density at radius 2 is 1.17 bits per heavy atom. The summed E-state index contributed by atoms with van der Waals surface area (Å²) in [5, 5.41) is 8.07. The Hall–Kier alpha value is -5.71. The minimum atomic E-state index is -0.742. The molecule has 0 saturated carbocycles. The number of rotatable bonds is 10. The zero-order chi connectivity index (χ0) is 45.4. The van der Waals surface area contributed by atoms with Gasteiger partial charge in [-0.1, -0.05) is 54.1 Å². The van der Waals surface area contributed by atoms with Gasteiger partial charge in [-0.15, -0.1) is 0 Å². The molecular formula is C48H57ClN8O8. The van der Waals surface area contributed by atoms with E-state index in [0.717, 1.165) is 63.6 Å². The van der Waals surface area contributed by atoms with Crippen LogP contribution in [0.2, 0.25) is 5.15 Å². The molecule has 0 bridgehead atoms. The molecule has 5 aromatic rings. The predicted molar refractivity (Wildman–Crippen MR) is 244 cm³/mol. The maximum atomic E-state index is 14.3. The largest absolute Gasteiger partial charge is 0.453 e. The van der Waals surface area contributed by atoms with Crippen molar-refractivity contribution in [2.45, 2.75) is 101 Å². The molecule has 2 aromatic heterocycles. The first-order valence-electron chi connectivity index (χ1n) is 22.8. The number of imidazole rings is 2. The fourth-order valence-corrected chi connectivity index (χ4v) is 10.7. The topological polar surface area (TPSA) is 193 Å². The number of nitrogens with zero attached hydrogens (tertiary/aromatic N) is 4. The van der Waals surface area contributed by atoms with Gasteiger partial charge in [-0.3, -0.25) is 9.59 Å². The Morgan fingerprint density at radius 1 is 0.662 bits per heavy atom. The number of aromatic amines is 2. The second-order valence-corrected chi connectivity index (χ2v) is 18.3. The number of benzene rings is 3. The van der Waals surface area contributed by atoms with Gasteiger partial charge in [0.2, 0.25) is 11.8 Å². The van der Waals surface area contributed by atoms with Crippen LogP contribution in [-0.2, 0) is 28.5 Å². The number of nitrogens with one attached hydrogen (secondary N) is 4.